The first-order valence-corrected chi connectivity index (χ1v) is 5.75. The fraction of sp³-hybridized carbons (Fsp3) is 0.444. The molecule has 16 heavy (non-hydrogen) atoms. The van der Waals surface area contributed by atoms with Crippen LogP contribution in [-0.4, -0.2) is 41.6 Å². The van der Waals surface area contributed by atoms with Crippen molar-refractivity contribution in [3.63, 3.8) is 0 Å². The molecular weight excluding hydrogens is 230 g/mol. The van der Waals surface area contributed by atoms with Gasteiger partial charge in [-0.2, -0.15) is 0 Å². The standard InChI is InChI=1S/C9H11N3O3S/c13-7-4-12(3-1-2-10-7)9-11-6(5-16-9)8(14)15/h5H,1-4H2,(H,10,13)(H,14,15). The van der Waals surface area contributed by atoms with Crippen molar-refractivity contribution in [2.75, 3.05) is 24.5 Å². The minimum atomic E-state index is -1.04. The van der Waals surface area contributed by atoms with Gasteiger partial charge in [-0.25, -0.2) is 9.78 Å². The second kappa shape index (κ2) is 4.48. The van der Waals surface area contributed by atoms with E-state index in [9.17, 15) is 9.59 Å². The SMILES string of the molecule is O=C1CN(c2nc(C(=O)O)cs2)CCCN1. The van der Waals surface area contributed by atoms with Gasteiger partial charge in [0.15, 0.2) is 10.8 Å². The van der Waals surface area contributed by atoms with E-state index in [-0.39, 0.29) is 18.1 Å². The maximum absolute atomic E-state index is 11.3. The highest BCUT2D eigenvalue weighted by molar-refractivity contribution is 7.13. The number of aromatic carboxylic acids is 1. The third kappa shape index (κ3) is 2.30. The summed E-state index contributed by atoms with van der Waals surface area (Å²) >= 11 is 1.25. The molecule has 0 aromatic carbocycles. The third-order valence-corrected chi connectivity index (χ3v) is 3.14. The van der Waals surface area contributed by atoms with Gasteiger partial charge in [-0.1, -0.05) is 0 Å². The Balaban J connectivity index is 2.15. The Labute approximate surface area is 95.9 Å². The molecule has 0 saturated carbocycles. The van der Waals surface area contributed by atoms with Crippen LogP contribution in [0.4, 0.5) is 5.13 Å². The first kappa shape index (κ1) is 10.9. The molecule has 6 nitrogen and oxygen atoms in total. The molecule has 1 aromatic rings. The molecule has 7 heteroatoms. The lowest BCUT2D eigenvalue weighted by molar-refractivity contribution is -0.119. The molecule has 2 N–H and O–H groups in total. The summed E-state index contributed by atoms with van der Waals surface area (Å²) in [5.74, 6) is -1.09. The molecule has 1 saturated heterocycles. The van der Waals surface area contributed by atoms with Crippen LogP contribution in [0.15, 0.2) is 5.38 Å². The summed E-state index contributed by atoms with van der Waals surface area (Å²) < 4.78 is 0. The molecule has 1 aromatic heterocycles. The lowest BCUT2D eigenvalue weighted by Crippen LogP contribution is -2.32. The summed E-state index contributed by atoms with van der Waals surface area (Å²) in [5, 5.41) is 13.6. The number of carboxylic acid groups (broad SMARTS) is 1. The summed E-state index contributed by atoms with van der Waals surface area (Å²) in [6.07, 6.45) is 0.841. The topological polar surface area (TPSA) is 82.5 Å². The first-order valence-electron chi connectivity index (χ1n) is 4.87. The number of rotatable bonds is 2. The fourth-order valence-electron chi connectivity index (χ4n) is 1.48. The highest BCUT2D eigenvalue weighted by atomic mass is 32.1. The van der Waals surface area contributed by atoms with Crippen molar-refractivity contribution in [2.45, 2.75) is 6.42 Å². The largest absolute Gasteiger partial charge is 0.476 e. The molecule has 0 spiro atoms. The van der Waals surface area contributed by atoms with E-state index < -0.39 is 5.97 Å². The number of nitrogens with zero attached hydrogens (tertiary/aromatic N) is 2. The maximum atomic E-state index is 11.3. The van der Waals surface area contributed by atoms with Crippen molar-refractivity contribution in [1.29, 1.82) is 0 Å². The van der Waals surface area contributed by atoms with Gasteiger partial charge in [0.25, 0.3) is 0 Å². The van der Waals surface area contributed by atoms with Gasteiger partial charge in [0.2, 0.25) is 5.91 Å². The Hall–Kier alpha value is -1.63. The van der Waals surface area contributed by atoms with Gasteiger partial charge in [-0.3, -0.25) is 4.79 Å². The van der Waals surface area contributed by atoms with Crippen LogP contribution >= 0.6 is 11.3 Å². The number of aromatic nitrogens is 1. The van der Waals surface area contributed by atoms with Crippen molar-refractivity contribution in [2.24, 2.45) is 0 Å². The van der Waals surface area contributed by atoms with Crippen LogP contribution in [0.2, 0.25) is 0 Å². The number of hydrogen-bond donors (Lipinski definition) is 2. The molecule has 0 bridgehead atoms. The van der Waals surface area contributed by atoms with Crippen LogP contribution < -0.4 is 10.2 Å². The number of carbonyl (C=O) groups excluding carboxylic acids is 1. The van der Waals surface area contributed by atoms with Crippen LogP contribution in [0.3, 0.4) is 0 Å². The molecule has 1 amide bonds. The van der Waals surface area contributed by atoms with Gasteiger partial charge in [-0.05, 0) is 6.42 Å². The van der Waals surface area contributed by atoms with Crippen LogP contribution in [0.5, 0.6) is 0 Å². The normalized spacial score (nSPS) is 16.8. The molecule has 86 valence electrons. The quantitative estimate of drug-likeness (QED) is 0.771. The third-order valence-electron chi connectivity index (χ3n) is 2.24. The fourth-order valence-corrected chi connectivity index (χ4v) is 2.30. The minimum absolute atomic E-state index is 0.0321. The second-order valence-corrected chi connectivity index (χ2v) is 4.28. The van der Waals surface area contributed by atoms with E-state index in [4.69, 9.17) is 5.11 Å². The Kier molecular flexibility index (Phi) is 3.04. The summed E-state index contributed by atoms with van der Waals surface area (Å²) in [4.78, 5) is 27.8. The summed E-state index contributed by atoms with van der Waals surface area (Å²) in [6.45, 7) is 1.62. The van der Waals surface area contributed by atoms with E-state index in [1.807, 2.05) is 0 Å². The van der Waals surface area contributed by atoms with Crippen molar-refractivity contribution in [1.82, 2.24) is 10.3 Å². The smallest absolute Gasteiger partial charge is 0.355 e. The van der Waals surface area contributed by atoms with E-state index >= 15 is 0 Å². The predicted octanol–water partition coefficient (Wildman–Crippen LogP) is 0.168. The molecule has 1 fully saturated rings. The zero-order chi connectivity index (χ0) is 11.5. The lowest BCUT2D eigenvalue weighted by Gasteiger charge is -2.16. The van der Waals surface area contributed by atoms with Gasteiger partial charge in [-0.15, -0.1) is 11.3 Å². The molecule has 2 heterocycles. The molecule has 1 aliphatic heterocycles. The summed E-state index contributed by atoms with van der Waals surface area (Å²) in [7, 11) is 0. The van der Waals surface area contributed by atoms with E-state index in [1.165, 1.54) is 16.7 Å². The number of anilines is 1. The molecule has 2 rings (SSSR count). The zero-order valence-electron chi connectivity index (χ0n) is 8.47. The Morgan fingerprint density at radius 3 is 3.12 bits per heavy atom. The van der Waals surface area contributed by atoms with E-state index in [1.54, 1.807) is 4.90 Å². The van der Waals surface area contributed by atoms with Crippen molar-refractivity contribution in [3.8, 4) is 0 Å². The summed E-state index contributed by atoms with van der Waals surface area (Å²) in [5.41, 5.74) is 0.0321. The number of thiazole rings is 1. The van der Waals surface area contributed by atoms with Gasteiger partial charge >= 0.3 is 5.97 Å². The van der Waals surface area contributed by atoms with Crippen LogP contribution in [0.25, 0.3) is 0 Å². The highest BCUT2D eigenvalue weighted by Crippen LogP contribution is 2.21. The molecular formula is C9H11N3O3S. The van der Waals surface area contributed by atoms with Gasteiger partial charge < -0.3 is 15.3 Å². The number of hydrogen-bond acceptors (Lipinski definition) is 5. The van der Waals surface area contributed by atoms with Crippen molar-refractivity contribution in [3.05, 3.63) is 11.1 Å². The molecule has 0 aliphatic carbocycles. The highest BCUT2D eigenvalue weighted by Gasteiger charge is 2.19. The van der Waals surface area contributed by atoms with Crippen LogP contribution in [-0.2, 0) is 4.79 Å². The molecule has 0 radical (unpaired) electrons. The van der Waals surface area contributed by atoms with Crippen molar-refractivity contribution < 1.29 is 14.7 Å². The Morgan fingerprint density at radius 2 is 2.44 bits per heavy atom. The van der Waals surface area contributed by atoms with Gasteiger partial charge in [0.05, 0.1) is 6.54 Å². The lowest BCUT2D eigenvalue weighted by atomic mass is 10.4. The predicted molar refractivity (Wildman–Crippen MR) is 58.9 cm³/mol. The monoisotopic (exact) mass is 241 g/mol. The molecule has 0 unspecified atom stereocenters. The Morgan fingerprint density at radius 1 is 1.62 bits per heavy atom. The Bertz CT molecular complexity index is 418. The maximum Gasteiger partial charge on any atom is 0.355 e. The average Bonchev–Trinajstić information content (AvgIpc) is 2.63. The minimum Gasteiger partial charge on any atom is -0.476 e. The number of nitrogens with one attached hydrogen (secondary N) is 1. The van der Waals surface area contributed by atoms with E-state index in [2.05, 4.69) is 10.3 Å². The molecule has 1 aliphatic rings. The van der Waals surface area contributed by atoms with Gasteiger partial charge in [0.1, 0.15) is 0 Å². The van der Waals surface area contributed by atoms with Crippen LogP contribution in [0.1, 0.15) is 16.9 Å². The summed E-state index contributed by atoms with van der Waals surface area (Å²) in [6, 6.07) is 0. The first-order chi connectivity index (χ1) is 7.66. The zero-order valence-corrected chi connectivity index (χ0v) is 9.29. The van der Waals surface area contributed by atoms with E-state index in [0.29, 0.717) is 18.2 Å². The van der Waals surface area contributed by atoms with Gasteiger partial charge in [0, 0.05) is 18.5 Å². The number of amides is 1. The second-order valence-electron chi connectivity index (χ2n) is 3.45. The number of carbonyl (C=O) groups is 2. The van der Waals surface area contributed by atoms with Crippen molar-refractivity contribution >= 4 is 28.3 Å². The van der Waals surface area contributed by atoms with Crippen LogP contribution in [0, 0.1) is 0 Å². The average molecular weight is 241 g/mol. The number of carboxylic acids is 1. The molecule has 0 atom stereocenters. The van der Waals surface area contributed by atoms with E-state index in [0.717, 1.165) is 6.42 Å².